The molecule has 0 atom stereocenters. The summed E-state index contributed by atoms with van der Waals surface area (Å²) < 4.78 is 2.61. The van der Waals surface area contributed by atoms with E-state index in [1.165, 1.54) is 53.2 Å². The molecule has 1 heterocycles. The summed E-state index contributed by atoms with van der Waals surface area (Å²) >= 11 is 1.86. The Morgan fingerprint density at radius 3 is 1.90 bits per heavy atom. The molecule has 1 nitrogen and oxygen atoms in total. The van der Waals surface area contributed by atoms with Gasteiger partial charge in [0.25, 0.3) is 0 Å². The highest BCUT2D eigenvalue weighted by atomic mass is 32.1. The molecule has 0 radical (unpaired) electrons. The molecule has 0 aliphatic carbocycles. The molecule has 0 saturated carbocycles. The zero-order valence-electron chi connectivity index (χ0n) is 22.9. The lowest BCUT2D eigenvalue weighted by Gasteiger charge is -2.28. The standard InChI is InChI=1S/C40H27NS/c1-3-12-29(13-4-1)35-23-21-32(31-20-19-28-11-7-8-14-30(28)25-31)26-38(35)41(33-15-5-2-6-16-33)34-22-24-37-36-17-9-10-18-39(36)42-40(37)27-34/h1-27H. The number of thiophene rings is 1. The lowest BCUT2D eigenvalue weighted by atomic mass is 9.95. The molecule has 0 aliphatic rings. The summed E-state index contributed by atoms with van der Waals surface area (Å²) in [5, 5.41) is 5.13. The molecule has 8 rings (SSSR count). The minimum Gasteiger partial charge on any atom is -0.310 e. The van der Waals surface area contributed by atoms with Gasteiger partial charge in [0.1, 0.15) is 0 Å². The number of hydrogen-bond acceptors (Lipinski definition) is 2. The molecule has 0 aliphatic heterocycles. The molecule has 7 aromatic carbocycles. The number of rotatable bonds is 5. The topological polar surface area (TPSA) is 3.24 Å². The Morgan fingerprint density at radius 2 is 1.05 bits per heavy atom. The molecule has 0 bridgehead atoms. The van der Waals surface area contributed by atoms with Crippen LogP contribution in [-0.4, -0.2) is 0 Å². The molecule has 0 N–H and O–H groups in total. The smallest absolute Gasteiger partial charge is 0.0546 e. The highest BCUT2D eigenvalue weighted by Crippen LogP contribution is 2.45. The van der Waals surface area contributed by atoms with E-state index in [0.717, 1.165) is 17.1 Å². The van der Waals surface area contributed by atoms with E-state index in [-0.39, 0.29) is 0 Å². The molecule has 8 aromatic rings. The molecule has 198 valence electrons. The third kappa shape index (κ3) is 4.34. The first-order valence-corrected chi connectivity index (χ1v) is 15.1. The summed E-state index contributed by atoms with van der Waals surface area (Å²) in [6, 6.07) is 59.3. The molecule has 0 spiro atoms. The molecule has 0 unspecified atom stereocenters. The van der Waals surface area contributed by atoms with Gasteiger partial charge in [0, 0.05) is 37.1 Å². The number of anilines is 3. The highest BCUT2D eigenvalue weighted by molar-refractivity contribution is 7.25. The van der Waals surface area contributed by atoms with Crippen molar-refractivity contribution in [2.75, 3.05) is 4.90 Å². The van der Waals surface area contributed by atoms with Gasteiger partial charge in [-0.1, -0.05) is 121 Å². The van der Waals surface area contributed by atoms with Gasteiger partial charge in [-0.15, -0.1) is 11.3 Å². The second-order valence-electron chi connectivity index (χ2n) is 10.6. The summed E-state index contributed by atoms with van der Waals surface area (Å²) in [4.78, 5) is 2.41. The molecule has 0 amide bonds. The first-order valence-electron chi connectivity index (χ1n) is 14.3. The lowest BCUT2D eigenvalue weighted by Crippen LogP contribution is -2.11. The maximum Gasteiger partial charge on any atom is 0.0546 e. The van der Waals surface area contributed by atoms with Crippen LogP contribution in [0.5, 0.6) is 0 Å². The number of benzene rings is 7. The number of para-hydroxylation sites is 1. The van der Waals surface area contributed by atoms with E-state index >= 15 is 0 Å². The normalized spacial score (nSPS) is 11.3. The van der Waals surface area contributed by atoms with Gasteiger partial charge >= 0.3 is 0 Å². The predicted molar refractivity (Wildman–Crippen MR) is 182 cm³/mol. The number of nitrogens with zero attached hydrogens (tertiary/aromatic N) is 1. The van der Waals surface area contributed by atoms with Crippen molar-refractivity contribution in [1.82, 2.24) is 0 Å². The quantitative estimate of drug-likeness (QED) is 0.205. The minimum absolute atomic E-state index is 1.13. The fourth-order valence-electron chi connectivity index (χ4n) is 5.98. The third-order valence-corrected chi connectivity index (χ3v) is 9.17. The zero-order chi connectivity index (χ0) is 27.9. The summed E-state index contributed by atoms with van der Waals surface area (Å²) in [6.45, 7) is 0. The van der Waals surface area contributed by atoms with Crippen LogP contribution in [0.1, 0.15) is 0 Å². The Kier molecular flexibility index (Phi) is 6.05. The third-order valence-electron chi connectivity index (χ3n) is 8.04. The lowest BCUT2D eigenvalue weighted by molar-refractivity contribution is 1.29. The van der Waals surface area contributed by atoms with Gasteiger partial charge in [-0.25, -0.2) is 0 Å². The summed E-state index contributed by atoms with van der Waals surface area (Å²) in [5.41, 5.74) is 8.22. The van der Waals surface area contributed by atoms with E-state index in [9.17, 15) is 0 Å². The van der Waals surface area contributed by atoms with Crippen LogP contribution in [0.2, 0.25) is 0 Å². The summed E-state index contributed by atoms with van der Waals surface area (Å²) in [5.74, 6) is 0. The highest BCUT2D eigenvalue weighted by Gasteiger charge is 2.19. The first-order chi connectivity index (χ1) is 20.8. The molecule has 2 heteroatoms. The van der Waals surface area contributed by atoms with E-state index in [1.54, 1.807) is 0 Å². The average molecular weight is 554 g/mol. The van der Waals surface area contributed by atoms with Crippen molar-refractivity contribution in [2.24, 2.45) is 0 Å². The van der Waals surface area contributed by atoms with Crippen molar-refractivity contribution in [3.05, 3.63) is 164 Å². The molecule has 0 fully saturated rings. The number of hydrogen-bond donors (Lipinski definition) is 0. The van der Waals surface area contributed by atoms with Crippen LogP contribution < -0.4 is 4.90 Å². The Bertz CT molecular complexity index is 2200. The van der Waals surface area contributed by atoms with Crippen molar-refractivity contribution in [3.8, 4) is 22.3 Å². The van der Waals surface area contributed by atoms with Gasteiger partial charge in [0.05, 0.1) is 5.69 Å². The zero-order valence-corrected chi connectivity index (χ0v) is 23.8. The van der Waals surface area contributed by atoms with Crippen LogP contribution in [0.3, 0.4) is 0 Å². The molecule has 1 aromatic heterocycles. The van der Waals surface area contributed by atoms with Crippen molar-refractivity contribution in [1.29, 1.82) is 0 Å². The van der Waals surface area contributed by atoms with Gasteiger partial charge in [0.2, 0.25) is 0 Å². The van der Waals surface area contributed by atoms with Gasteiger partial charge in [-0.3, -0.25) is 0 Å². The van der Waals surface area contributed by atoms with Crippen LogP contribution in [0.25, 0.3) is 53.2 Å². The van der Waals surface area contributed by atoms with Gasteiger partial charge in [-0.05, 0) is 69.9 Å². The van der Waals surface area contributed by atoms with Gasteiger partial charge < -0.3 is 4.90 Å². The van der Waals surface area contributed by atoms with Crippen molar-refractivity contribution in [2.45, 2.75) is 0 Å². The minimum atomic E-state index is 1.13. The Labute approximate surface area is 249 Å². The number of fused-ring (bicyclic) bond motifs is 4. The van der Waals surface area contributed by atoms with Crippen LogP contribution in [-0.2, 0) is 0 Å². The fraction of sp³-hybridized carbons (Fsp3) is 0. The van der Waals surface area contributed by atoms with E-state index < -0.39 is 0 Å². The molecule has 42 heavy (non-hydrogen) atoms. The monoisotopic (exact) mass is 553 g/mol. The van der Waals surface area contributed by atoms with Crippen LogP contribution in [0.4, 0.5) is 17.1 Å². The fourth-order valence-corrected chi connectivity index (χ4v) is 7.12. The van der Waals surface area contributed by atoms with E-state index in [2.05, 4.69) is 169 Å². The Hall–Kier alpha value is -5.18. The van der Waals surface area contributed by atoms with Gasteiger partial charge in [0.15, 0.2) is 0 Å². The first kappa shape index (κ1) is 24.6. The maximum atomic E-state index is 2.41. The van der Waals surface area contributed by atoms with Crippen LogP contribution in [0, 0.1) is 0 Å². The molecular weight excluding hydrogens is 527 g/mol. The van der Waals surface area contributed by atoms with Crippen LogP contribution >= 0.6 is 11.3 Å². The van der Waals surface area contributed by atoms with E-state index in [4.69, 9.17) is 0 Å². The second-order valence-corrected chi connectivity index (χ2v) is 11.7. The molecular formula is C40H27NS. The van der Waals surface area contributed by atoms with Crippen molar-refractivity contribution >= 4 is 59.3 Å². The Balaban J connectivity index is 1.37. The van der Waals surface area contributed by atoms with Crippen LogP contribution in [0.15, 0.2) is 164 Å². The Morgan fingerprint density at radius 1 is 0.381 bits per heavy atom. The van der Waals surface area contributed by atoms with Gasteiger partial charge in [-0.2, -0.15) is 0 Å². The summed E-state index contributed by atoms with van der Waals surface area (Å²) in [7, 11) is 0. The van der Waals surface area contributed by atoms with E-state index in [1.807, 2.05) is 11.3 Å². The molecule has 0 saturated heterocycles. The van der Waals surface area contributed by atoms with Crippen molar-refractivity contribution < 1.29 is 0 Å². The largest absolute Gasteiger partial charge is 0.310 e. The second kappa shape index (κ2) is 10.3. The van der Waals surface area contributed by atoms with Crippen molar-refractivity contribution in [3.63, 3.8) is 0 Å². The maximum absolute atomic E-state index is 2.41. The average Bonchev–Trinajstić information content (AvgIpc) is 3.43. The van der Waals surface area contributed by atoms with E-state index in [0.29, 0.717) is 0 Å². The summed E-state index contributed by atoms with van der Waals surface area (Å²) in [6.07, 6.45) is 0. The SMILES string of the molecule is c1ccc(-c2ccc(-c3ccc4ccccc4c3)cc2N(c2ccccc2)c2ccc3c(c2)sc2ccccc23)cc1. The predicted octanol–water partition coefficient (Wildman–Crippen LogP) is 12.0.